The van der Waals surface area contributed by atoms with Crippen molar-refractivity contribution in [3.63, 3.8) is 0 Å². The summed E-state index contributed by atoms with van der Waals surface area (Å²) in [5, 5.41) is 9.13. The van der Waals surface area contributed by atoms with Crippen LogP contribution in [0.1, 0.15) is 26.3 Å². The summed E-state index contributed by atoms with van der Waals surface area (Å²) in [6.45, 7) is 1.60. The number of hydrogen-bond acceptors (Lipinski definition) is 5. The fourth-order valence-electron chi connectivity index (χ4n) is 4.02. The Kier molecular flexibility index (Phi) is 5.40. The largest absolute Gasteiger partial charge is 0.495 e. The van der Waals surface area contributed by atoms with Crippen LogP contribution in [-0.4, -0.2) is 43.6 Å². The molecule has 0 spiro atoms. The number of carboxylic acid groups (broad SMARTS) is 1. The van der Waals surface area contributed by atoms with E-state index in [2.05, 4.69) is 0 Å². The molecule has 4 rings (SSSR count). The Balaban J connectivity index is 1.79. The van der Waals surface area contributed by atoms with Crippen LogP contribution in [0.25, 0.3) is 11.1 Å². The molecule has 3 aromatic rings. The number of rotatable bonds is 6. The smallest absolute Gasteiger partial charge is 0.323 e. The molecule has 0 fully saturated rings. The first-order valence-corrected chi connectivity index (χ1v) is 10.0. The number of anilines is 2. The molecular formula is C25H22N2O5. The number of hydrogen-bond donors (Lipinski definition) is 1. The minimum absolute atomic E-state index is 0.215. The Morgan fingerprint density at radius 2 is 1.62 bits per heavy atom. The highest BCUT2D eigenvalue weighted by Gasteiger charge is 2.39. The topological polar surface area (TPSA) is 87.2 Å². The van der Waals surface area contributed by atoms with Crippen LogP contribution in [0.2, 0.25) is 0 Å². The van der Waals surface area contributed by atoms with Crippen LogP contribution >= 0.6 is 0 Å². The molecule has 32 heavy (non-hydrogen) atoms. The lowest BCUT2D eigenvalue weighted by Crippen LogP contribution is -2.30. The van der Waals surface area contributed by atoms with Crippen LogP contribution in [-0.2, 0) is 4.79 Å². The fourth-order valence-corrected chi connectivity index (χ4v) is 4.02. The van der Waals surface area contributed by atoms with E-state index in [1.807, 2.05) is 49.4 Å². The van der Waals surface area contributed by atoms with Crippen LogP contribution in [0, 0.1) is 6.92 Å². The highest BCUT2D eigenvalue weighted by Crippen LogP contribution is 2.39. The Bertz CT molecular complexity index is 1240. The zero-order valence-corrected chi connectivity index (χ0v) is 18.0. The van der Waals surface area contributed by atoms with Gasteiger partial charge < -0.3 is 14.7 Å². The molecule has 7 nitrogen and oxygen atoms in total. The van der Waals surface area contributed by atoms with Gasteiger partial charge in [0.25, 0.3) is 11.8 Å². The van der Waals surface area contributed by atoms with Crippen molar-refractivity contribution in [3.8, 4) is 16.9 Å². The SMILES string of the molecule is COc1cc2c(cc1N(C)CC(=O)O)C(=O)N(c1cccc(-c3ccccc3)c1C)C2=O. The van der Waals surface area contributed by atoms with Crippen LogP contribution < -0.4 is 14.5 Å². The molecule has 3 aromatic carbocycles. The van der Waals surface area contributed by atoms with E-state index in [-0.39, 0.29) is 17.7 Å². The summed E-state index contributed by atoms with van der Waals surface area (Å²) in [6.07, 6.45) is 0. The van der Waals surface area contributed by atoms with Gasteiger partial charge in [-0.2, -0.15) is 0 Å². The standard InChI is InChI=1S/C25H22N2O5/c1-15-17(16-8-5-4-6-9-16)10-7-11-20(15)27-24(30)18-12-21(26(2)14-23(28)29)22(32-3)13-19(18)25(27)31/h4-13H,14H2,1-3H3,(H,28,29). The molecule has 0 saturated heterocycles. The molecule has 1 heterocycles. The summed E-state index contributed by atoms with van der Waals surface area (Å²) < 4.78 is 5.38. The van der Waals surface area contributed by atoms with Crippen molar-refractivity contribution >= 4 is 29.2 Å². The number of fused-ring (bicyclic) bond motifs is 1. The summed E-state index contributed by atoms with van der Waals surface area (Å²) in [5.41, 5.74) is 4.10. The molecular weight excluding hydrogens is 408 g/mol. The third-order valence-corrected chi connectivity index (χ3v) is 5.60. The Labute approximate surface area is 185 Å². The van der Waals surface area contributed by atoms with Crippen molar-refractivity contribution in [2.45, 2.75) is 6.92 Å². The third-order valence-electron chi connectivity index (χ3n) is 5.60. The second kappa shape index (κ2) is 8.19. The number of benzene rings is 3. The average molecular weight is 430 g/mol. The summed E-state index contributed by atoms with van der Waals surface area (Å²) in [7, 11) is 3.02. The molecule has 0 bridgehead atoms. The number of carboxylic acids is 1. The first-order valence-electron chi connectivity index (χ1n) is 10.0. The number of carbonyl (C=O) groups is 3. The normalized spacial score (nSPS) is 12.7. The quantitative estimate of drug-likeness (QED) is 0.595. The first kappa shape index (κ1) is 21.1. The number of imide groups is 1. The molecule has 0 atom stereocenters. The second-order valence-corrected chi connectivity index (χ2v) is 7.58. The number of methoxy groups -OCH3 is 1. The van der Waals surface area contributed by atoms with Crippen LogP contribution in [0.4, 0.5) is 11.4 Å². The van der Waals surface area contributed by atoms with Gasteiger partial charge in [-0.05, 0) is 41.8 Å². The summed E-state index contributed by atoms with van der Waals surface area (Å²) in [4.78, 5) is 40.4. The number of ether oxygens (including phenoxy) is 1. The van der Waals surface area contributed by atoms with Crippen molar-refractivity contribution in [2.75, 3.05) is 30.5 Å². The number of amides is 2. The number of likely N-dealkylation sites (N-methyl/N-ethyl adjacent to an activating group) is 1. The highest BCUT2D eigenvalue weighted by molar-refractivity contribution is 6.35. The lowest BCUT2D eigenvalue weighted by molar-refractivity contribution is -0.135. The van der Waals surface area contributed by atoms with Gasteiger partial charge in [0.05, 0.1) is 29.6 Å². The van der Waals surface area contributed by atoms with E-state index in [0.717, 1.165) is 16.7 Å². The van der Waals surface area contributed by atoms with Crippen LogP contribution in [0.15, 0.2) is 60.7 Å². The van der Waals surface area contributed by atoms with Gasteiger partial charge in [-0.1, -0.05) is 42.5 Å². The zero-order chi connectivity index (χ0) is 23.0. The molecule has 0 radical (unpaired) electrons. The Morgan fingerprint density at radius 1 is 0.969 bits per heavy atom. The summed E-state index contributed by atoms with van der Waals surface area (Å²) >= 11 is 0. The number of aliphatic carboxylic acids is 1. The third kappa shape index (κ3) is 3.47. The van der Waals surface area contributed by atoms with Crippen molar-refractivity contribution < 1.29 is 24.2 Å². The van der Waals surface area contributed by atoms with Gasteiger partial charge in [0.15, 0.2) is 0 Å². The Morgan fingerprint density at radius 3 is 2.25 bits per heavy atom. The molecule has 2 amide bonds. The molecule has 1 aliphatic heterocycles. The molecule has 0 aromatic heterocycles. The van der Waals surface area contributed by atoms with Crippen molar-refractivity contribution in [2.24, 2.45) is 0 Å². The van der Waals surface area contributed by atoms with E-state index >= 15 is 0 Å². The zero-order valence-electron chi connectivity index (χ0n) is 18.0. The molecule has 0 saturated carbocycles. The van der Waals surface area contributed by atoms with Gasteiger partial charge in [0.2, 0.25) is 0 Å². The summed E-state index contributed by atoms with van der Waals surface area (Å²) in [5.74, 6) is -1.59. The minimum Gasteiger partial charge on any atom is -0.495 e. The van der Waals surface area contributed by atoms with E-state index < -0.39 is 17.8 Å². The predicted molar refractivity (Wildman–Crippen MR) is 122 cm³/mol. The van der Waals surface area contributed by atoms with Gasteiger partial charge >= 0.3 is 5.97 Å². The lowest BCUT2D eigenvalue weighted by Gasteiger charge is -2.20. The predicted octanol–water partition coefficient (Wildman–Crippen LogP) is 3.99. The maximum Gasteiger partial charge on any atom is 0.323 e. The van der Waals surface area contributed by atoms with E-state index in [1.54, 1.807) is 13.1 Å². The summed E-state index contributed by atoms with van der Waals surface area (Å²) in [6, 6.07) is 18.3. The number of carbonyl (C=O) groups excluding carboxylic acids is 2. The maximum atomic E-state index is 13.3. The van der Waals surface area contributed by atoms with Crippen LogP contribution in [0.3, 0.4) is 0 Å². The van der Waals surface area contributed by atoms with Crippen LogP contribution in [0.5, 0.6) is 5.75 Å². The molecule has 1 N–H and O–H groups in total. The van der Waals surface area contributed by atoms with Gasteiger partial charge in [0, 0.05) is 7.05 Å². The molecule has 1 aliphatic rings. The van der Waals surface area contributed by atoms with Gasteiger partial charge in [-0.15, -0.1) is 0 Å². The fraction of sp³-hybridized carbons (Fsp3) is 0.160. The van der Waals surface area contributed by atoms with E-state index in [0.29, 0.717) is 17.1 Å². The average Bonchev–Trinajstić information content (AvgIpc) is 3.02. The van der Waals surface area contributed by atoms with Crippen molar-refractivity contribution in [1.82, 2.24) is 0 Å². The first-order chi connectivity index (χ1) is 15.3. The van der Waals surface area contributed by atoms with Crippen molar-refractivity contribution in [1.29, 1.82) is 0 Å². The van der Waals surface area contributed by atoms with E-state index in [9.17, 15) is 14.4 Å². The Hall–Kier alpha value is -4.13. The van der Waals surface area contributed by atoms with Gasteiger partial charge in [0.1, 0.15) is 12.3 Å². The van der Waals surface area contributed by atoms with E-state index in [1.165, 1.54) is 29.0 Å². The van der Waals surface area contributed by atoms with Gasteiger partial charge in [-0.3, -0.25) is 14.4 Å². The second-order valence-electron chi connectivity index (χ2n) is 7.58. The molecule has 7 heteroatoms. The minimum atomic E-state index is -1.02. The molecule has 162 valence electrons. The van der Waals surface area contributed by atoms with Crippen molar-refractivity contribution in [3.05, 3.63) is 77.4 Å². The molecule has 0 unspecified atom stereocenters. The van der Waals surface area contributed by atoms with E-state index in [4.69, 9.17) is 9.84 Å². The lowest BCUT2D eigenvalue weighted by atomic mass is 9.99. The molecule has 0 aliphatic carbocycles. The van der Waals surface area contributed by atoms with Gasteiger partial charge in [-0.25, -0.2) is 4.90 Å². The highest BCUT2D eigenvalue weighted by atomic mass is 16.5. The monoisotopic (exact) mass is 430 g/mol. The number of nitrogens with zero attached hydrogens (tertiary/aromatic N) is 2. The maximum absolute atomic E-state index is 13.3.